The van der Waals surface area contributed by atoms with Gasteiger partial charge in [-0.15, -0.1) is 11.3 Å². The summed E-state index contributed by atoms with van der Waals surface area (Å²) >= 11 is 1.72. The molecule has 2 saturated heterocycles. The zero-order valence-electron chi connectivity index (χ0n) is 16.7. The Kier molecular flexibility index (Phi) is 5.64. The zero-order chi connectivity index (χ0) is 19.6. The van der Waals surface area contributed by atoms with Crippen molar-refractivity contribution in [2.24, 2.45) is 5.41 Å². The SMILES string of the molecule is COc1ccc(C(=O)N2CCCC3(CCCN(Cc4csc(C)n4)C3)C2)cn1. The highest BCUT2D eigenvalue weighted by atomic mass is 32.1. The van der Waals surface area contributed by atoms with Crippen LogP contribution >= 0.6 is 11.3 Å². The van der Waals surface area contributed by atoms with Gasteiger partial charge in [-0.25, -0.2) is 9.97 Å². The molecule has 28 heavy (non-hydrogen) atoms. The third-order valence-corrected chi connectivity index (χ3v) is 6.76. The minimum Gasteiger partial charge on any atom is -0.481 e. The molecule has 1 amide bonds. The lowest BCUT2D eigenvalue weighted by Crippen LogP contribution is -2.53. The molecule has 0 radical (unpaired) electrons. The maximum atomic E-state index is 13.0. The number of thiazole rings is 1. The van der Waals surface area contributed by atoms with Crippen molar-refractivity contribution in [3.63, 3.8) is 0 Å². The molecule has 4 rings (SSSR count). The van der Waals surface area contributed by atoms with Gasteiger partial charge in [-0.2, -0.15) is 0 Å². The van der Waals surface area contributed by atoms with Crippen molar-refractivity contribution >= 4 is 17.2 Å². The van der Waals surface area contributed by atoms with Crippen molar-refractivity contribution in [3.8, 4) is 5.88 Å². The van der Waals surface area contributed by atoms with Crippen LogP contribution in [0.1, 0.15) is 46.7 Å². The van der Waals surface area contributed by atoms with Gasteiger partial charge in [0.2, 0.25) is 5.88 Å². The van der Waals surface area contributed by atoms with Gasteiger partial charge in [-0.3, -0.25) is 9.69 Å². The minimum atomic E-state index is 0.0847. The normalized spacial score (nSPS) is 23.1. The Morgan fingerprint density at radius 3 is 2.75 bits per heavy atom. The molecule has 0 aliphatic carbocycles. The number of piperidine rings is 2. The predicted octanol–water partition coefficient (Wildman–Crippen LogP) is 3.37. The van der Waals surface area contributed by atoms with Gasteiger partial charge in [-0.1, -0.05) is 0 Å². The maximum absolute atomic E-state index is 13.0. The molecule has 1 atom stereocenters. The van der Waals surface area contributed by atoms with Gasteiger partial charge in [0, 0.05) is 49.2 Å². The molecule has 2 fully saturated rings. The summed E-state index contributed by atoms with van der Waals surface area (Å²) in [6.07, 6.45) is 6.28. The van der Waals surface area contributed by atoms with Crippen molar-refractivity contribution in [2.75, 3.05) is 33.3 Å². The van der Waals surface area contributed by atoms with Gasteiger partial charge < -0.3 is 9.64 Å². The van der Waals surface area contributed by atoms with E-state index in [0.29, 0.717) is 11.4 Å². The second kappa shape index (κ2) is 8.17. The highest BCUT2D eigenvalue weighted by molar-refractivity contribution is 7.09. The van der Waals surface area contributed by atoms with Crippen LogP contribution in [-0.4, -0.2) is 59.0 Å². The number of aryl methyl sites for hydroxylation is 1. The van der Waals surface area contributed by atoms with Crippen LogP contribution in [0.2, 0.25) is 0 Å². The van der Waals surface area contributed by atoms with Gasteiger partial charge in [0.25, 0.3) is 5.91 Å². The zero-order valence-corrected chi connectivity index (χ0v) is 17.5. The molecular formula is C21H28N4O2S. The number of nitrogens with zero attached hydrogens (tertiary/aromatic N) is 4. The molecule has 0 saturated carbocycles. The molecule has 0 aromatic carbocycles. The first kappa shape index (κ1) is 19.3. The van der Waals surface area contributed by atoms with Gasteiger partial charge in [0.1, 0.15) is 0 Å². The number of rotatable bonds is 4. The van der Waals surface area contributed by atoms with E-state index in [0.717, 1.165) is 44.2 Å². The third kappa shape index (κ3) is 4.20. The van der Waals surface area contributed by atoms with Crippen LogP contribution in [0.4, 0.5) is 0 Å². The van der Waals surface area contributed by atoms with Crippen LogP contribution in [0.3, 0.4) is 0 Å². The monoisotopic (exact) mass is 400 g/mol. The standard InChI is InChI=1S/C21H28N4O2S/c1-16-23-18(13-28-16)12-24-9-3-7-21(14-24)8-4-10-25(15-21)20(26)17-5-6-19(27-2)22-11-17/h5-6,11,13H,3-4,7-10,12,14-15H2,1-2H3. The summed E-state index contributed by atoms with van der Waals surface area (Å²) in [4.78, 5) is 26.4. The van der Waals surface area contributed by atoms with E-state index in [1.54, 1.807) is 30.7 Å². The van der Waals surface area contributed by atoms with E-state index in [1.165, 1.54) is 25.0 Å². The second-order valence-corrected chi connectivity index (χ2v) is 9.15. The molecule has 7 heteroatoms. The molecule has 4 heterocycles. The summed E-state index contributed by atoms with van der Waals surface area (Å²) in [7, 11) is 1.58. The quantitative estimate of drug-likeness (QED) is 0.788. The van der Waals surface area contributed by atoms with E-state index in [2.05, 4.69) is 27.2 Å². The van der Waals surface area contributed by atoms with Crippen molar-refractivity contribution in [1.82, 2.24) is 19.8 Å². The number of methoxy groups -OCH3 is 1. The lowest BCUT2D eigenvalue weighted by molar-refractivity contribution is 0.0110. The number of amides is 1. The Labute approximate surface area is 170 Å². The van der Waals surface area contributed by atoms with Crippen molar-refractivity contribution < 1.29 is 9.53 Å². The fourth-order valence-electron chi connectivity index (χ4n) is 4.68. The summed E-state index contributed by atoms with van der Waals surface area (Å²) in [6, 6.07) is 3.57. The Morgan fingerprint density at radius 2 is 2.07 bits per heavy atom. The lowest BCUT2D eigenvalue weighted by Gasteiger charge is -2.48. The number of ether oxygens (including phenoxy) is 1. The topological polar surface area (TPSA) is 58.6 Å². The van der Waals surface area contributed by atoms with Crippen molar-refractivity contribution in [1.29, 1.82) is 0 Å². The number of carbonyl (C=O) groups excluding carboxylic acids is 1. The second-order valence-electron chi connectivity index (χ2n) is 8.09. The Morgan fingerprint density at radius 1 is 1.25 bits per heavy atom. The highest BCUT2D eigenvalue weighted by Gasteiger charge is 2.40. The largest absolute Gasteiger partial charge is 0.481 e. The number of hydrogen-bond donors (Lipinski definition) is 0. The van der Waals surface area contributed by atoms with Crippen molar-refractivity contribution in [2.45, 2.75) is 39.2 Å². The number of likely N-dealkylation sites (tertiary alicyclic amines) is 2. The number of hydrogen-bond acceptors (Lipinski definition) is 6. The van der Waals surface area contributed by atoms with E-state index < -0.39 is 0 Å². The first-order chi connectivity index (χ1) is 13.6. The smallest absolute Gasteiger partial charge is 0.255 e. The average molecular weight is 401 g/mol. The van der Waals surface area contributed by atoms with Crippen molar-refractivity contribution in [3.05, 3.63) is 40.0 Å². The molecule has 2 aliphatic heterocycles. The molecular weight excluding hydrogens is 372 g/mol. The van der Waals surface area contributed by atoms with Gasteiger partial charge in [0.05, 0.1) is 23.4 Å². The predicted molar refractivity (Wildman–Crippen MR) is 110 cm³/mol. The fraction of sp³-hybridized carbons (Fsp3) is 0.571. The maximum Gasteiger partial charge on any atom is 0.255 e. The fourth-order valence-corrected chi connectivity index (χ4v) is 5.28. The van der Waals surface area contributed by atoms with E-state index in [1.807, 2.05) is 11.0 Å². The Balaban J connectivity index is 1.43. The molecule has 150 valence electrons. The van der Waals surface area contributed by atoms with E-state index in [4.69, 9.17) is 4.74 Å². The minimum absolute atomic E-state index is 0.0847. The third-order valence-electron chi connectivity index (χ3n) is 5.93. The van der Waals surface area contributed by atoms with Crippen LogP contribution in [0.25, 0.3) is 0 Å². The number of carbonyl (C=O) groups is 1. The summed E-state index contributed by atoms with van der Waals surface area (Å²) < 4.78 is 5.10. The van der Waals surface area contributed by atoms with Crippen LogP contribution < -0.4 is 4.74 Å². The van der Waals surface area contributed by atoms with Crippen LogP contribution in [0.5, 0.6) is 5.88 Å². The lowest BCUT2D eigenvalue weighted by atomic mass is 9.73. The molecule has 6 nitrogen and oxygen atoms in total. The average Bonchev–Trinajstić information content (AvgIpc) is 3.12. The summed E-state index contributed by atoms with van der Waals surface area (Å²) in [6.45, 7) is 6.82. The van der Waals surface area contributed by atoms with Crippen LogP contribution in [0, 0.1) is 12.3 Å². The molecule has 1 spiro atoms. The van der Waals surface area contributed by atoms with Crippen LogP contribution in [-0.2, 0) is 6.54 Å². The molecule has 2 aromatic heterocycles. The van der Waals surface area contributed by atoms with E-state index in [9.17, 15) is 4.79 Å². The van der Waals surface area contributed by atoms with E-state index in [-0.39, 0.29) is 11.3 Å². The first-order valence-corrected chi connectivity index (χ1v) is 10.9. The molecule has 0 N–H and O–H groups in total. The number of aromatic nitrogens is 2. The molecule has 1 unspecified atom stereocenters. The number of pyridine rings is 1. The summed E-state index contributed by atoms with van der Waals surface area (Å²) in [5, 5.41) is 3.30. The van der Waals surface area contributed by atoms with Gasteiger partial charge in [0.15, 0.2) is 0 Å². The molecule has 2 aromatic rings. The Bertz CT molecular complexity index is 818. The van der Waals surface area contributed by atoms with Gasteiger partial charge in [-0.05, 0) is 45.2 Å². The highest BCUT2D eigenvalue weighted by Crippen LogP contribution is 2.39. The summed E-state index contributed by atoms with van der Waals surface area (Å²) in [5.74, 6) is 0.619. The van der Waals surface area contributed by atoms with E-state index >= 15 is 0 Å². The first-order valence-electron chi connectivity index (χ1n) is 10.00. The molecule has 0 bridgehead atoms. The Hall–Kier alpha value is -1.99. The van der Waals surface area contributed by atoms with Crippen LogP contribution in [0.15, 0.2) is 23.7 Å². The summed E-state index contributed by atoms with van der Waals surface area (Å²) in [5.41, 5.74) is 2.02. The molecule has 2 aliphatic rings. The van der Waals surface area contributed by atoms with Gasteiger partial charge >= 0.3 is 0 Å².